The maximum atomic E-state index is 12.4. The largest absolute Gasteiger partial charge is 0.367 e. The minimum absolute atomic E-state index is 0.107. The van der Waals surface area contributed by atoms with Crippen molar-refractivity contribution in [2.24, 2.45) is 0 Å². The van der Waals surface area contributed by atoms with E-state index in [4.69, 9.17) is 11.6 Å². The van der Waals surface area contributed by atoms with Gasteiger partial charge in [0.05, 0.1) is 5.41 Å². The second-order valence-electron chi connectivity index (χ2n) is 4.99. The number of hydrogen-bond acceptors (Lipinski definition) is 1. The third-order valence-corrected chi connectivity index (χ3v) is 3.95. The van der Waals surface area contributed by atoms with Gasteiger partial charge in [0.25, 0.3) is 0 Å². The van der Waals surface area contributed by atoms with E-state index in [9.17, 15) is 4.79 Å². The van der Waals surface area contributed by atoms with Gasteiger partial charge in [-0.1, -0.05) is 23.7 Å². The zero-order chi connectivity index (χ0) is 13.3. The first-order chi connectivity index (χ1) is 9.21. The molecular formula is C15H15ClN2O. The van der Waals surface area contributed by atoms with Gasteiger partial charge in [-0.3, -0.25) is 4.79 Å². The maximum Gasteiger partial charge on any atom is 0.230 e. The Labute approximate surface area is 117 Å². The Morgan fingerprint density at radius 2 is 2.00 bits per heavy atom. The van der Waals surface area contributed by atoms with Crippen molar-refractivity contribution in [1.29, 1.82) is 0 Å². The van der Waals surface area contributed by atoms with Crippen LogP contribution in [0, 0.1) is 0 Å². The number of aromatic amines is 1. The van der Waals surface area contributed by atoms with E-state index in [-0.39, 0.29) is 11.3 Å². The van der Waals surface area contributed by atoms with Crippen LogP contribution in [0.3, 0.4) is 0 Å². The maximum absolute atomic E-state index is 12.4. The van der Waals surface area contributed by atoms with Gasteiger partial charge >= 0.3 is 0 Å². The minimum Gasteiger partial charge on any atom is -0.367 e. The Morgan fingerprint density at radius 3 is 2.58 bits per heavy atom. The number of carbonyl (C=O) groups is 1. The van der Waals surface area contributed by atoms with Crippen molar-refractivity contribution in [2.75, 3.05) is 0 Å². The molecule has 2 aromatic rings. The number of nitrogens with one attached hydrogen (secondary N) is 2. The molecule has 0 radical (unpaired) electrons. The SMILES string of the molecule is O=C(NCc1cc[nH]c1)C1(c2ccc(Cl)cc2)CC1. The van der Waals surface area contributed by atoms with Crippen LogP contribution in [0.5, 0.6) is 0 Å². The smallest absolute Gasteiger partial charge is 0.230 e. The lowest BCUT2D eigenvalue weighted by molar-refractivity contribution is -0.123. The van der Waals surface area contributed by atoms with Crippen molar-refractivity contribution in [3.8, 4) is 0 Å². The molecule has 0 spiro atoms. The molecule has 0 unspecified atom stereocenters. The van der Waals surface area contributed by atoms with E-state index in [1.54, 1.807) is 0 Å². The monoisotopic (exact) mass is 274 g/mol. The molecule has 98 valence electrons. The molecule has 0 aliphatic heterocycles. The van der Waals surface area contributed by atoms with Crippen LogP contribution in [0.25, 0.3) is 0 Å². The van der Waals surface area contributed by atoms with Gasteiger partial charge in [-0.25, -0.2) is 0 Å². The van der Waals surface area contributed by atoms with Crippen molar-refractivity contribution >= 4 is 17.5 Å². The molecule has 3 rings (SSSR count). The molecule has 1 aromatic heterocycles. The number of halogens is 1. The molecule has 1 aliphatic rings. The number of benzene rings is 1. The van der Waals surface area contributed by atoms with Crippen molar-refractivity contribution in [1.82, 2.24) is 10.3 Å². The quantitative estimate of drug-likeness (QED) is 0.884. The van der Waals surface area contributed by atoms with E-state index in [1.165, 1.54) is 0 Å². The van der Waals surface area contributed by atoms with Gasteiger partial charge < -0.3 is 10.3 Å². The highest BCUT2D eigenvalue weighted by molar-refractivity contribution is 6.30. The van der Waals surface area contributed by atoms with Crippen LogP contribution in [-0.2, 0) is 16.8 Å². The number of H-pyrrole nitrogens is 1. The fraction of sp³-hybridized carbons (Fsp3) is 0.267. The highest BCUT2D eigenvalue weighted by atomic mass is 35.5. The Morgan fingerprint density at radius 1 is 1.26 bits per heavy atom. The highest BCUT2D eigenvalue weighted by Gasteiger charge is 2.50. The molecule has 1 aromatic carbocycles. The summed E-state index contributed by atoms with van der Waals surface area (Å²) in [6, 6.07) is 9.55. The topological polar surface area (TPSA) is 44.9 Å². The molecule has 0 atom stereocenters. The van der Waals surface area contributed by atoms with Gasteiger partial charge in [0.2, 0.25) is 5.91 Å². The number of aromatic nitrogens is 1. The lowest BCUT2D eigenvalue weighted by atomic mass is 9.95. The van der Waals surface area contributed by atoms with Crippen molar-refractivity contribution in [3.05, 3.63) is 58.9 Å². The Balaban J connectivity index is 1.70. The first-order valence-corrected chi connectivity index (χ1v) is 6.74. The Kier molecular flexibility index (Phi) is 3.07. The first-order valence-electron chi connectivity index (χ1n) is 6.37. The van der Waals surface area contributed by atoms with Crippen molar-refractivity contribution < 1.29 is 4.79 Å². The third-order valence-electron chi connectivity index (χ3n) is 3.70. The summed E-state index contributed by atoms with van der Waals surface area (Å²) >= 11 is 5.89. The number of amides is 1. The predicted octanol–water partition coefficient (Wildman–Crippen LogP) is 3.02. The standard InChI is InChI=1S/C15H15ClN2O/c16-13-3-1-12(2-4-13)15(6-7-15)14(19)18-10-11-5-8-17-9-11/h1-5,8-9,17H,6-7,10H2,(H,18,19). The van der Waals surface area contributed by atoms with Crippen LogP contribution < -0.4 is 5.32 Å². The van der Waals surface area contributed by atoms with Gasteiger partial charge in [0.15, 0.2) is 0 Å². The van der Waals surface area contributed by atoms with Crippen LogP contribution in [0.1, 0.15) is 24.0 Å². The fourth-order valence-corrected chi connectivity index (χ4v) is 2.49. The minimum atomic E-state index is -0.332. The highest BCUT2D eigenvalue weighted by Crippen LogP contribution is 2.48. The van der Waals surface area contributed by atoms with Gasteiger partial charge in [0, 0.05) is 24.0 Å². The molecule has 19 heavy (non-hydrogen) atoms. The summed E-state index contributed by atoms with van der Waals surface area (Å²) in [6.07, 6.45) is 5.57. The normalized spacial score (nSPS) is 16.1. The molecule has 2 N–H and O–H groups in total. The summed E-state index contributed by atoms with van der Waals surface area (Å²) in [5.74, 6) is 0.107. The van der Waals surface area contributed by atoms with Crippen LogP contribution in [0.15, 0.2) is 42.7 Å². The van der Waals surface area contributed by atoms with E-state index in [2.05, 4.69) is 10.3 Å². The predicted molar refractivity (Wildman–Crippen MR) is 75.0 cm³/mol. The summed E-state index contributed by atoms with van der Waals surface area (Å²) in [7, 11) is 0. The average molecular weight is 275 g/mol. The molecular weight excluding hydrogens is 260 g/mol. The molecule has 0 bridgehead atoms. The van der Waals surface area contributed by atoms with Crippen molar-refractivity contribution in [3.63, 3.8) is 0 Å². The summed E-state index contributed by atoms with van der Waals surface area (Å²) < 4.78 is 0. The lowest BCUT2D eigenvalue weighted by Gasteiger charge is -2.15. The molecule has 1 heterocycles. The molecule has 1 aliphatic carbocycles. The molecule has 1 amide bonds. The summed E-state index contributed by atoms with van der Waals surface area (Å²) in [5.41, 5.74) is 1.81. The van der Waals surface area contributed by atoms with E-state index >= 15 is 0 Å². The van der Waals surface area contributed by atoms with E-state index in [1.807, 2.05) is 42.7 Å². The van der Waals surface area contributed by atoms with Crippen LogP contribution in [0.2, 0.25) is 5.02 Å². The third kappa shape index (κ3) is 2.38. The van der Waals surface area contributed by atoms with E-state index < -0.39 is 0 Å². The molecule has 1 saturated carbocycles. The first kappa shape index (κ1) is 12.3. The van der Waals surface area contributed by atoms with Gasteiger partial charge in [0.1, 0.15) is 0 Å². The van der Waals surface area contributed by atoms with Gasteiger partial charge in [-0.15, -0.1) is 0 Å². The van der Waals surface area contributed by atoms with Crippen molar-refractivity contribution in [2.45, 2.75) is 24.8 Å². The number of carbonyl (C=O) groups excluding carboxylic acids is 1. The second-order valence-corrected chi connectivity index (χ2v) is 5.43. The molecule has 3 nitrogen and oxygen atoms in total. The molecule has 0 saturated heterocycles. The number of rotatable bonds is 4. The summed E-state index contributed by atoms with van der Waals surface area (Å²) in [4.78, 5) is 15.3. The molecule has 4 heteroatoms. The zero-order valence-corrected chi connectivity index (χ0v) is 11.2. The van der Waals surface area contributed by atoms with E-state index in [0.717, 1.165) is 24.0 Å². The van der Waals surface area contributed by atoms with Crippen LogP contribution in [-0.4, -0.2) is 10.9 Å². The van der Waals surface area contributed by atoms with Gasteiger partial charge in [-0.05, 0) is 42.2 Å². The zero-order valence-electron chi connectivity index (χ0n) is 10.4. The van der Waals surface area contributed by atoms with E-state index in [0.29, 0.717) is 11.6 Å². The lowest BCUT2D eigenvalue weighted by Crippen LogP contribution is -2.34. The molecule has 1 fully saturated rings. The van der Waals surface area contributed by atoms with Crippen LogP contribution in [0.4, 0.5) is 0 Å². The van der Waals surface area contributed by atoms with Crippen LogP contribution >= 0.6 is 11.6 Å². The summed E-state index contributed by atoms with van der Waals surface area (Å²) in [5, 5.41) is 3.71. The Bertz CT molecular complexity index is 571. The Hall–Kier alpha value is -1.74. The summed E-state index contributed by atoms with van der Waals surface area (Å²) in [6.45, 7) is 0.567. The second kappa shape index (κ2) is 4.74. The average Bonchev–Trinajstić information content (AvgIpc) is 3.07. The van der Waals surface area contributed by atoms with Gasteiger partial charge in [-0.2, -0.15) is 0 Å². The number of hydrogen-bond donors (Lipinski definition) is 2. The fourth-order valence-electron chi connectivity index (χ4n) is 2.36.